The van der Waals surface area contributed by atoms with Gasteiger partial charge in [-0.15, -0.1) is 0 Å². The number of rotatable bonds is 2. The summed E-state index contributed by atoms with van der Waals surface area (Å²) in [4.78, 5) is 13.5. The van der Waals surface area contributed by atoms with Crippen molar-refractivity contribution < 1.29 is 9.53 Å². The SMILES string of the molecule is O=C=NCc1cccc2c1CCO2. The Kier molecular flexibility index (Phi) is 2.11. The average molecular weight is 175 g/mol. The molecule has 1 aromatic rings. The van der Waals surface area contributed by atoms with Crippen LogP contribution in [0.1, 0.15) is 11.1 Å². The van der Waals surface area contributed by atoms with Gasteiger partial charge in [0.15, 0.2) is 0 Å². The van der Waals surface area contributed by atoms with Crippen molar-refractivity contribution >= 4 is 6.08 Å². The van der Waals surface area contributed by atoms with E-state index in [1.54, 1.807) is 6.08 Å². The highest BCUT2D eigenvalue weighted by Crippen LogP contribution is 2.28. The lowest BCUT2D eigenvalue weighted by molar-refractivity contribution is 0.357. The summed E-state index contributed by atoms with van der Waals surface area (Å²) < 4.78 is 5.38. The zero-order chi connectivity index (χ0) is 9.10. The first-order chi connectivity index (χ1) is 6.42. The predicted octanol–water partition coefficient (Wildman–Crippen LogP) is 1.46. The molecule has 1 aromatic carbocycles. The van der Waals surface area contributed by atoms with Gasteiger partial charge in [0, 0.05) is 12.0 Å². The lowest BCUT2D eigenvalue weighted by atomic mass is 10.1. The summed E-state index contributed by atoms with van der Waals surface area (Å²) in [5, 5.41) is 0. The first-order valence-corrected chi connectivity index (χ1v) is 4.19. The Morgan fingerprint density at radius 1 is 1.54 bits per heavy atom. The van der Waals surface area contributed by atoms with Crippen molar-refractivity contribution in [1.82, 2.24) is 0 Å². The average Bonchev–Trinajstić information content (AvgIpc) is 2.62. The molecule has 3 heteroatoms. The van der Waals surface area contributed by atoms with Crippen LogP contribution in [0.3, 0.4) is 0 Å². The zero-order valence-electron chi connectivity index (χ0n) is 7.12. The Morgan fingerprint density at radius 2 is 2.46 bits per heavy atom. The van der Waals surface area contributed by atoms with E-state index < -0.39 is 0 Å². The molecule has 0 saturated heterocycles. The van der Waals surface area contributed by atoms with Crippen LogP contribution in [0.25, 0.3) is 0 Å². The molecule has 0 N–H and O–H groups in total. The van der Waals surface area contributed by atoms with Gasteiger partial charge in [0.1, 0.15) is 5.75 Å². The second-order valence-corrected chi connectivity index (χ2v) is 2.90. The first-order valence-electron chi connectivity index (χ1n) is 4.19. The van der Waals surface area contributed by atoms with Crippen molar-refractivity contribution in [2.75, 3.05) is 6.61 Å². The normalized spacial score (nSPS) is 12.9. The fourth-order valence-electron chi connectivity index (χ4n) is 1.56. The van der Waals surface area contributed by atoms with E-state index in [-0.39, 0.29) is 0 Å². The van der Waals surface area contributed by atoms with Gasteiger partial charge in [-0.25, -0.2) is 9.79 Å². The second-order valence-electron chi connectivity index (χ2n) is 2.90. The van der Waals surface area contributed by atoms with Gasteiger partial charge in [-0.3, -0.25) is 0 Å². The summed E-state index contributed by atoms with van der Waals surface area (Å²) in [7, 11) is 0. The molecule has 13 heavy (non-hydrogen) atoms. The maximum absolute atomic E-state index is 9.96. The van der Waals surface area contributed by atoms with E-state index in [1.807, 2.05) is 18.2 Å². The molecule has 0 saturated carbocycles. The molecule has 0 fully saturated rings. The van der Waals surface area contributed by atoms with E-state index in [2.05, 4.69) is 4.99 Å². The third-order valence-electron chi connectivity index (χ3n) is 2.15. The van der Waals surface area contributed by atoms with Crippen molar-refractivity contribution in [1.29, 1.82) is 0 Å². The van der Waals surface area contributed by atoms with Crippen LogP contribution >= 0.6 is 0 Å². The maximum atomic E-state index is 9.96. The number of carbonyl (C=O) groups excluding carboxylic acids is 1. The predicted molar refractivity (Wildman–Crippen MR) is 47.5 cm³/mol. The van der Waals surface area contributed by atoms with E-state index in [0.29, 0.717) is 6.54 Å². The molecule has 1 heterocycles. The van der Waals surface area contributed by atoms with Gasteiger partial charge < -0.3 is 4.74 Å². The number of fused-ring (bicyclic) bond motifs is 1. The zero-order valence-corrected chi connectivity index (χ0v) is 7.12. The van der Waals surface area contributed by atoms with Gasteiger partial charge in [-0.2, -0.15) is 0 Å². The monoisotopic (exact) mass is 175 g/mol. The van der Waals surface area contributed by atoms with E-state index >= 15 is 0 Å². The summed E-state index contributed by atoms with van der Waals surface area (Å²) >= 11 is 0. The third kappa shape index (κ3) is 1.46. The maximum Gasteiger partial charge on any atom is 0.235 e. The molecule has 0 aromatic heterocycles. The fourth-order valence-corrected chi connectivity index (χ4v) is 1.56. The number of isocyanates is 1. The van der Waals surface area contributed by atoms with Crippen LogP contribution in [0.2, 0.25) is 0 Å². The lowest BCUT2D eigenvalue weighted by Crippen LogP contribution is -1.89. The van der Waals surface area contributed by atoms with Gasteiger partial charge in [0.25, 0.3) is 0 Å². The van der Waals surface area contributed by atoms with Crippen LogP contribution in [0.15, 0.2) is 23.2 Å². The molecular weight excluding hydrogens is 166 g/mol. The first kappa shape index (κ1) is 8.02. The topological polar surface area (TPSA) is 38.7 Å². The van der Waals surface area contributed by atoms with Gasteiger partial charge in [0.05, 0.1) is 13.2 Å². The molecule has 0 amide bonds. The number of hydrogen-bond donors (Lipinski definition) is 0. The van der Waals surface area contributed by atoms with Crippen LogP contribution in [0.5, 0.6) is 5.75 Å². The molecular formula is C10H9NO2. The summed E-state index contributed by atoms with van der Waals surface area (Å²) in [5.41, 5.74) is 2.25. The largest absolute Gasteiger partial charge is 0.493 e. The molecule has 0 atom stereocenters. The van der Waals surface area contributed by atoms with E-state index in [9.17, 15) is 4.79 Å². The summed E-state index contributed by atoms with van der Waals surface area (Å²) in [6.45, 7) is 1.15. The number of benzene rings is 1. The van der Waals surface area contributed by atoms with E-state index in [0.717, 1.165) is 24.3 Å². The number of hydrogen-bond acceptors (Lipinski definition) is 3. The second kappa shape index (κ2) is 3.42. The Balaban J connectivity index is 2.35. The smallest absolute Gasteiger partial charge is 0.235 e. The highest BCUT2D eigenvalue weighted by Gasteiger charge is 2.14. The van der Waals surface area contributed by atoms with Crippen molar-refractivity contribution in [3.05, 3.63) is 29.3 Å². The molecule has 0 aliphatic carbocycles. The number of aliphatic imine (C=N–C) groups is 1. The minimum atomic E-state index is 0.413. The van der Waals surface area contributed by atoms with Crippen molar-refractivity contribution in [2.45, 2.75) is 13.0 Å². The Bertz CT molecular complexity index is 367. The molecule has 0 radical (unpaired) electrons. The molecule has 3 nitrogen and oxygen atoms in total. The van der Waals surface area contributed by atoms with Crippen molar-refractivity contribution in [3.8, 4) is 5.75 Å². The van der Waals surface area contributed by atoms with Crippen LogP contribution < -0.4 is 4.74 Å². The summed E-state index contributed by atoms with van der Waals surface area (Å²) in [6, 6.07) is 5.82. The molecule has 66 valence electrons. The van der Waals surface area contributed by atoms with Crippen LogP contribution in [0.4, 0.5) is 0 Å². The molecule has 1 aliphatic heterocycles. The van der Waals surface area contributed by atoms with Crippen molar-refractivity contribution in [3.63, 3.8) is 0 Å². The minimum Gasteiger partial charge on any atom is -0.493 e. The van der Waals surface area contributed by atoms with E-state index in [4.69, 9.17) is 4.74 Å². The Hall–Kier alpha value is -1.60. The minimum absolute atomic E-state index is 0.413. The molecule has 0 bridgehead atoms. The van der Waals surface area contributed by atoms with E-state index in [1.165, 1.54) is 5.56 Å². The third-order valence-corrected chi connectivity index (χ3v) is 2.15. The van der Waals surface area contributed by atoms with Crippen LogP contribution in [-0.4, -0.2) is 12.7 Å². The lowest BCUT2D eigenvalue weighted by Gasteiger charge is -2.02. The van der Waals surface area contributed by atoms with Crippen LogP contribution in [-0.2, 0) is 17.8 Å². The quantitative estimate of drug-likeness (QED) is 0.504. The highest BCUT2D eigenvalue weighted by atomic mass is 16.5. The molecule has 2 rings (SSSR count). The van der Waals surface area contributed by atoms with Gasteiger partial charge in [0.2, 0.25) is 6.08 Å². The molecule has 1 aliphatic rings. The molecule has 0 spiro atoms. The number of nitrogens with zero attached hydrogens (tertiary/aromatic N) is 1. The highest BCUT2D eigenvalue weighted by molar-refractivity contribution is 5.43. The van der Waals surface area contributed by atoms with Gasteiger partial charge >= 0.3 is 0 Å². The van der Waals surface area contributed by atoms with Gasteiger partial charge in [-0.05, 0) is 11.6 Å². The Labute approximate surface area is 76.1 Å². The van der Waals surface area contributed by atoms with Gasteiger partial charge in [-0.1, -0.05) is 12.1 Å². The molecule has 0 unspecified atom stereocenters. The summed E-state index contributed by atoms with van der Waals surface area (Å²) in [6.07, 6.45) is 2.46. The van der Waals surface area contributed by atoms with Crippen LogP contribution in [0, 0.1) is 0 Å². The fraction of sp³-hybridized carbons (Fsp3) is 0.300. The summed E-state index contributed by atoms with van der Waals surface area (Å²) in [5.74, 6) is 0.929. The Morgan fingerprint density at radius 3 is 3.31 bits per heavy atom. The van der Waals surface area contributed by atoms with Crippen molar-refractivity contribution in [2.24, 2.45) is 4.99 Å². The standard InChI is InChI=1S/C10H9NO2/c12-7-11-6-8-2-1-3-10-9(8)4-5-13-10/h1-3H,4-6H2. The number of ether oxygens (including phenoxy) is 1.